The van der Waals surface area contributed by atoms with Crippen LogP contribution in [0.3, 0.4) is 0 Å². The summed E-state index contributed by atoms with van der Waals surface area (Å²) in [6.45, 7) is 1.86. The van der Waals surface area contributed by atoms with E-state index < -0.39 is 10.0 Å². The highest BCUT2D eigenvalue weighted by molar-refractivity contribution is 7.89. The molecule has 3 aliphatic rings. The molecule has 1 aromatic rings. The first-order valence-electron chi connectivity index (χ1n) is 9.34. The van der Waals surface area contributed by atoms with Crippen LogP contribution in [0.25, 0.3) is 0 Å². The minimum atomic E-state index is -3.52. The number of rotatable bonds is 6. The topological polar surface area (TPSA) is 75.7 Å². The van der Waals surface area contributed by atoms with Gasteiger partial charge in [0.25, 0.3) is 0 Å². The molecular formula is C19H26N2O4S. The fraction of sp³-hybridized carbons (Fsp3) is 0.632. The summed E-state index contributed by atoms with van der Waals surface area (Å²) in [5.74, 6) is 0.538. The second-order valence-corrected chi connectivity index (χ2v) is 9.57. The van der Waals surface area contributed by atoms with Gasteiger partial charge in [-0.05, 0) is 54.4 Å². The number of hydrogen-bond acceptors (Lipinski definition) is 4. The van der Waals surface area contributed by atoms with E-state index in [4.69, 9.17) is 4.74 Å². The van der Waals surface area contributed by atoms with Crippen LogP contribution >= 0.6 is 0 Å². The monoisotopic (exact) mass is 378 g/mol. The van der Waals surface area contributed by atoms with Crippen molar-refractivity contribution in [3.05, 3.63) is 29.3 Å². The van der Waals surface area contributed by atoms with E-state index in [1.54, 1.807) is 12.1 Å². The normalized spacial score (nSPS) is 23.4. The van der Waals surface area contributed by atoms with Crippen molar-refractivity contribution in [3.8, 4) is 0 Å². The van der Waals surface area contributed by atoms with Gasteiger partial charge in [-0.1, -0.05) is 12.5 Å². The Morgan fingerprint density at radius 2 is 2.15 bits per heavy atom. The van der Waals surface area contributed by atoms with Gasteiger partial charge in [0.2, 0.25) is 15.9 Å². The van der Waals surface area contributed by atoms with Crippen LogP contribution in [-0.4, -0.2) is 46.0 Å². The van der Waals surface area contributed by atoms with Gasteiger partial charge in [0, 0.05) is 32.7 Å². The minimum Gasteiger partial charge on any atom is -0.383 e. The molecule has 142 valence electrons. The summed E-state index contributed by atoms with van der Waals surface area (Å²) in [7, 11) is -1.98. The molecule has 0 radical (unpaired) electrons. The number of hydrogen-bond donors (Lipinski definition) is 1. The lowest BCUT2D eigenvalue weighted by Gasteiger charge is -2.32. The maximum atomic E-state index is 12.8. The first-order valence-corrected chi connectivity index (χ1v) is 10.8. The third-order valence-corrected chi connectivity index (χ3v) is 7.71. The van der Waals surface area contributed by atoms with Gasteiger partial charge in [0.05, 0.1) is 11.5 Å². The zero-order chi connectivity index (χ0) is 18.4. The standard InChI is InChI=1S/C19H26N2O4S/c1-25-10-8-20-26(23,24)16-4-3-15-13-21(9-5-14(15)11-16)18(22)17-12-19(17)6-2-7-19/h3-4,11,17,20H,2,5-10,12-13H2,1H3/t17-/m1/s1. The van der Waals surface area contributed by atoms with Crippen molar-refractivity contribution in [1.82, 2.24) is 9.62 Å². The van der Waals surface area contributed by atoms with E-state index in [0.717, 1.165) is 17.5 Å². The number of nitrogens with zero attached hydrogens (tertiary/aromatic N) is 1. The summed E-state index contributed by atoms with van der Waals surface area (Å²) in [5.41, 5.74) is 2.44. The SMILES string of the molecule is COCCNS(=O)(=O)c1ccc2c(c1)CCN(C(=O)[C@H]1CC13CCC3)C2. The van der Waals surface area contributed by atoms with Gasteiger partial charge in [-0.25, -0.2) is 13.1 Å². The predicted molar refractivity (Wildman–Crippen MR) is 97.0 cm³/mol. The zero-order valence-corrected chi connectivity index (χ0v) is 16.0. The molecule has 1 amide bonds. The number of carbonyl (C=O) groups is 1. The number of nitrogens with one attached hydrogen (secondary N) is 1. The molecule has 7 heteroatoms. The average Bonchev–Trinajstić information content (AvgIpc) is 3.37. The molecule has 0 unspecified atom stereocenters. The number of amides is 1. The van der Waals surface area contributed by atoms with Crippen LogP contribution in [0, 0.1) is 11.3 Å². The number of benzene rings is 1. The van der Waals surface area contributed by atoms with E-state index in [0.29, 0.717) is 37.4 Å². The summed E-state index contributed by atoms with van der Waals surface area (Å²) in [5, 5.41) is 0. The molecule has 0 bridgehead atoms. The largest absolute Gasteiger partial charge is 0.383 e. The number of sulfonamides is 1. The van der Waals surface area contributed by atoms with E-state index in [-0.39, 0.29) is 17.4 Å². The fourth-order valence-electron chi connectivity index (χ4n) is 4.35. The third kappa shape index (κ3) is 3.17. The Kier molecular flexibility index (Phi) is 4.57. The summed E-state index contributed by atoms with van der Waals surface area (Å²) < 4.78 is 32.1. The van der Waals surface area contributed by atoms with E-state index in [1.807, 2.05) is 11.0 Å². The van der Waals surface area contributed by atoms with Crippen molar-refractivity contribution in [1.29, 1.82) is 0 Å². The maximum absolute atomic E-state index is 12.8. The van der Waals surface area contributed by atoms with Gasteiger partial charge in [-0.2, -0.15) is 0 Å². The molecule has 4 rings (SSSR count). The molecule has 2 fully saturated rings. The molecule has 1 aliphatic heterocycles. The minimum absolute atomic E-state index is 0.238. The van der Waals surface area contributed by atoms with Gasteiger partial charge in [0.1, 0.15) is 0 Å². The number of methoxy groups -OCH3 is 1. The zero-order valence-electron chi connectivity index (χ0n) is 15.2. The Morgan fingerprint density at radius 3 is 2.81 bits per heavy atom. The predicted octanol–water partition coefficient (Wildman–Crippen LogP) is 1.69. The van der Waals surface area contributed by atoms with Crippen molar-refractivity contribution >= 4 is 15.9 Å². The molecule has 1 heterocycles. The number of carbonyl (C=O) groups excluding carboxylic acids is 1. The van der Waals surface area contributed by atoms with Gasteiger partial charge in [-0.15, -0.1) is 0 Å². The Labute approximate surface area is 155 Å². The summed E-state index contributed by atoms with van der Waals surface area (Å²) in [6.07, 6.45) is 5.47. The molecule has 26 heavy (non-hydrogen) atoms. The summed E-state index contributed by atoms with van der Waals surface area (Å²) >= 11 is 0. The lowest BCUT2D eigenvalue weighted by atomic mass is 9.79. The average molecular weight is 378 g/mol. The molecule has 2 saturated carbocycles. The van der Waals surface area contributed by atoms with Crippen LogP contribution in [0.4, 0.5) is 0 Å². The van der Waals surface area contributed by atoms with Crippen LogP contribution < -0.4 is 4.72 Å². The summed E-state index contributed by atoms with van der Waals surface area (Å²) in [6, 6.07) is 5.23. The molecule has 2 aliphatic carbocycles. The second kappa shape index (κ2) is 6.62. The second-order valence-electron chi connectivity index (χ2n) is 7.80. The Hall–Kier alpha value is -1.44. The van der Waals surface area contributed by atoms with Crippen LogP contribution in [0.1, 0.15) is 36.8 Å². The molecule has 1 spiro atoms. The van der Waals surface area contributed by atoms with Crippen LogP contribution in [0.2, 0.25) is 0 Å². The smallest absolute Gasteiger partial charge is 0.240 e. The van der Waals surface area contributed by atoms with Gasteiger partial charge in [-0.3, -0.25) is 4.79 Å². The Balaban J connectivity index is 1.43. The van der Waals surface area contributed by atoms with E-state index >= 15 is 0 Å². The highest BCUT2D eigenvalue weighted by atomic mass is 32.2. The maximum Gasteiger partial charge on any atom is 0.240 e. The van der Waals surface area contributed by atoms with Gasteiger partial charge < -0.3 is 9.64 Å². The van der Waals surface area contributed by atoms with Crippen LogP contribution in [0.5, 0.6) is 0 Å². The van der Waals surface area contributed by atoms with Crippen LogP contribution in [0.15, 0.2) is 23.1 Å². The van der Waals surface area contributed by atoms with Crippen LogP contribution in [-0.2, 0) is 32.5 Å². The molecule has 1 atom stereocenters. The molecule has 0 aromatic heterocycles. The molecule has 0 saturated heterocycles. The van der Waals surface area contributed by atoms with Crippen molar-refractivity contribution < 1.29 is 17.9 Å². The highest BCUT2D eigenvalue weighted by Crippen LogP contribution is 2.66. The van der Waals surface area contributed by atoms with Crippen molar-refractivity contribution in [2.24, 2.45) is 11.3 Å². The Bertz CT molecular complexity index is 817. The van der Waals surface area contributed by atoms with E-state index in [2.05, 4.69) is 4.72 Å². The summed E-state index contributed by atoms with van der Waals surface area (Å²) in [4.78, 5) is 15.0. The molecule has 6 nitrogen and oxygen atoms in total. The van der Waals surface area contributed by atoms with Gasteiger partial charge in [0.15, 0.2) is 0 Å². The van der Waals surface area contributed by atoms with E-state index in [9.17, 15) is 13.2 Å². The van der Waals surface area contributed by atoms with E-state index in [1.165, 1.54) is 26.4 Å². The molecular weight excluding hydrogens is 352 g/mol. The third-order valence-electron chi connectivity index (χ3n) is 6.25. The first-order chi connectivity index (χ1) is 12.5. The fourth-order valence-corrected chi connectivity index (χ4v) is 5.41. The molecule has 1 aromatic carbocycles. The van der Waals surface area contributed by atoms with Crippen molar-refractivity contribution in [3.63, 3.8) is 0 Å². The lowest BCUT2D eigenvalue weighted by molar-refractivity contribution is -0.134. The highest BCUT2D eigenvalue weighted by Gasteiger charge is 2.61. The quantitative estimate of drug-likeness (QED) is 0.765. The van der Waals surface area contributed by atoms with Crippen molar-refractivity contribution in [2.45, 2.75) is 43.5 Å². The van der Waals surface area contributed by atoms with Crippen molar-refractivity contribution in [2.75, 3.05) is 26.8 Å². The Morgan fingerprint density at radius 1 is 1.35 bits per heavy atom. The van der Waals surface area contributed by atoms with Gasteiger partial charge >= 0.3 is 0 Å². The molecule has 1 N–H and O–H groups in total. The number of fused-ring (bicyclic) bond motifs is 1. The first kappa shape index (κ1) is 17.9. The number of ether oxygens (including phenoxy) is 1. The lowest BCUT2D eigenvalue weighted by Crippen LogP contribution is -2.38.